The summed E-state index contributed by atoms with van der Waals surface area (Å²) in [4.78, 5) is 4.17. The number of thiocarbonyl (C=S) groups is 1. The first-order valence-electron chi connectivity index (χ1n) is 4.26. The van der Waals surface area contributed by atoms with Gasteiger partial charge in [-0.25, -0.2) is 0 Å². The largest absolute Gasteiger partial charge is 0.375 e. The zero-order valence-corrected chi connectivity index (χ0v) is 8.71. The molecule has 0 aromatic carbocycles. The first kappa shape index (κ1) is 10.6. The molecule has 0 saturated heterocycles. The van der Waals surface area contributed by atoms with E-state index in [-0.39, 0.29) is 5.11 Å². The van der Waals surface area contributed by atoms with E-state index in [4.69, 9.17) is 5.73 Å². The van der Waals surface area contributed by atoms with E-state index in [2.05, 4.69) is 34.7 Å². The fraction of sp³-hybridized carbons (Fsp3) is 0.222. The fourth-order valence-electron chi connectivity index (χ4n) is 0.941. The van der Waals surface area contributed by atoms with Gasteiger partial charge in [-0.3, -0.25) is 10.4 Å². The van der Waals surface area contributed by atoms with Crippen LogP contribution in [0.2, 0.25) is 0 Å². The monoisotopic (exact) mass is 208 g/mol. The summed E-state index contributed by atoms with van der Waals surface area (Å²) in [6.45, 7) is 2.05. The third-order valence-corrected chi connectivity index (χ3v) is 1.68. The predicted octanol–water partition coefficient (Wildman–Crippen LogP) is 0.811. The van der Waals surface area contributed by atoms with Gasteiger partial charge < -0.3 is 5.73 Å². The Morgan fingerprint density at radius 3 is 3.21 bits per heavy atom. The van der Waals surface area contributed by atoms with Gasteiger partial charge >= 0.3 is 0 Å². The molecule has 0 radical (unpaired) electrons. The first-order valence-corrected chi connectivity index (χ1v) is 4.66. The van der Waals surface area contributed by atoms with Crippen LogP contribution in [0.5, 0.6) is 0 Å². The van der Waals surface area contributed by atoms with E-state index in [1.807, 2.05) is 12.1 Å². The van der Waals surface area contributed by atoms with Gasteiger partial charge in [0.1, 0.15) is 0 Å². The number of hydrogen-bond acceptors (Lipinski definition) is 3. The second-order valence-electron chi connectivity index (χ2n) is 2.67. The van der Waals surface area contributed by atoms with Crippen LogP contribution in [0.4, 0.5) is 0 Å². The summed E-state index contributed by atoms with van der Waals surface area (Å²) in [6.07, 6.45) is 4.31. The highest BCUT2D eigenvalue weighted by Gasteiger charge is 1.91. The van der Waals surface area contributed by atoms with Crippen LogP contribution in [0.25, 0.3) is 0 Å². The number of nitrogens with one attached hydrogen (secondary N) is 1. The van der Waals surface area contributed by atoms with Crippen molar-refractivity contribution in [2.75, 3.05) is 0 Å². The van der Waals surface area contributed by atoms with Gasteiger partial charge in [-0.1, -0.05) is 6.92 Å². The molecule has 5 heteroatoms. The van der Waals surface area contributed by atoms with Crippen molar-refractivity contribution >= 4 is 23.5 Å². The van der Waals surface area contributed by atoms with Crippen LogP contribution in [-0.4, -0.2) is 16.3 Å². The van der Waals surface area contributed by atoms with Gasteiger partial charge in [0.2, 0.25) is 0 Å². The zero-order valence-electron chi connectivity index (χ0n) is 7.90. The molecule has 0 aliphatic carbocycles. The molecule has 4 nitrogen and oxygen atoms in total. The Bertz CT molecular complexity index is 348. The number of hydrogen-bond donors (Lipinski definition) is 2. The molecule has 0 amide bonds. The van der Waals surface area contributed by atoms with Crippen molar-refractivity contribution in [2.45, 2.75) is 13.3 Å². The Hall–Kier alpha value is -1.49. The Morgan fingerprint density at radius 2 is 2.57 bits per heavy atom. The predicted molar refractivity (Wildman–Crippen MR) is 61.1 cm³/mol. The molecule has 1 aromatic rings. The number of nitrogens with zero attached hydrogens (tertiary/aromatic N) is 2. The summed E-state index contributed by atoms with van der Waals surface area (Å²) in [7, 11) is 0. The molecule has 0 atom stereocenters. The molecule has 0 spiro atoms. The number of nitrogens with two attached hydrogens (primary N) is 1. The molecule has 0 saturated carbocycles. The topological polar surface area (TPSA) is 63.3 Å². The lowest BCUT2D eigenvalue weighted by Gasteiger charge is -1.97. The van der Waals surface area contributed by atoms with Crippen molar-refractivity contribution < 1.29 is 0 Å². The summed E-state index contributed by atoms with van der Waals surface area (Å²) in [6, 6.07) is 3.83. The van der Waals surface area contributed by atoms with Crippen molar-refractivity contribution in [3.8, 4) is 0 Å². The van der Waals surface area contributed by atoms with Gasteiger partial charge in [-0.2, -0.15) is 5.10 Å². The van der Waals surface area contributed by atoms with Crippen molar-refractivity contribution in [3.63, 3.8) is 0 Å². The van der Waals surface area contributed by atoms with Gasteiger partial charge in [-0.15, -0.1) is 0 Å². The number of aromatic nitrogens is 1. The molecule has 14 heavy (non-hydrogen) atoms. The van der Waals surface area contributed by atoms with Crippen LogP contribution >= 0.6 is 12.2 Å². The van der Waals surface area contributed by atoms with E-state index in [1.165, 1.54) is 0 Å². The van der Waals surface area contributed by atoms with E-state index in [9.17, 15) is 0 Å². The van der Waals surface area contributed by atoms with Crippen LogP contribution in [0.3, 0.4) is 0 Å². The van der Waals surface area contributed by atoms with Crippen LogP contribution in [0, 0.1) is 0 Å². The molecule has 0 aliphatic rings. The molecule has 1 rings (SSSR count). The number of rotatable bonds is 3. The molecule has 0 bridgehead atoms. The lowest BCUT2D eigenvalue weighted by atomic mass is 10.2. The lowest BCUT2D eigenvalue weighted by molar-refractivity contribution is 1.03. The number of aryl methyl sites for hydroxylation is 1. The highest BCUT2D eigenvalue weighted by atomic mass is 32.1. The van der Waals surface area contributed by atoms with Crippen LogP contribution in [0.1, 0.15) is 18.2 Å². The minimum Gasteiger partial charge on any atom is -0.375 e. The SMILES string of the molecule is CCc1cc(C=NNC(N)=S)ccn1. The molecule has 74 valence electrons. The quantitative estimate of drug-likeness (QED) is 0.438. The third-order valence-electron chi connectivity index (χ3n) is 1.59. The van der Waals surface area contributed by atoms with Gasteiger partial charge in [0.25, 0.3) is 0 Å². The maximum absolute atomic E-state index is 5.21. The van der Waals surface area contributed by atoms with E-state index < -0.39 is 0 Å². The molecule has 0 aliphatic heterocycles. The molecular formula is C9H12N4S. The summed E-state index contributed by atoms with van der Waals surface area (Å²) in [5, 5.41) is 4.01. The van der Waals surface area contributed by atoms with Crippen molar-refractivity contribution in [1.82, 2.24) is 10.4 Å². The molecule has 0 fully saturated rings. The van der Waals surface area contributed by atoms with Crippen molar-refractivity contribution in [1.29, 1.82) is 0 Å². The minimum atomic E-state index is 0.158. The fourth-order valence-corrected chi connectivity index (χ4v) is 0.994. The van der Waals surface area contributed by atoms with Gasteiger partial charge in [-0.05, 0) is 36.3 Å². The summed E-state index contributed by atoms with van der Waals surface area (Å²) in [5.74, 6) is 0. The van der Waals surface area contributed by atoms with Crippen LogP contribution in [0.15, 0.2) is 23.4 Å². The first-order chi connectivity index (χ1) is 6.72. The van der Waals surface area contributed by atoms with Gasteiger partial charge in [0.05, 0.1) is 6.21 Å². The Labute approximate surface area is 88.2 Å². The van der Waals surface area contributed by atoms with Gasteiger partial charge in [0.15, 0.2) is 5.11 Å². The smallest absolute Gasteiger partial charge is 0.184 e. The second-order valence-corrected chi connectivity index (χ2v) is 3.11. The molecule has 0 unspecified atom stereocenters. The normalized spacial score (nSPS) is 10.4. The maximum Gasteiger partial charge on any atom is 0.184 e. The van der Waals surface area contributed by atoms with E-state index in [0.29, 0.717) is 0 Å². The highest BCUT2D eigenvalue weighted by molar-refractivity contribution is 7.80. The zero-order chi connectivity index (χ0) is 10.4. The van der Waals surface area contributed by atoms with Crippen molar-refractivity contribution in [3.05, 3.63) is 29.6 Å². The lowest BCUT2D eigenvalue weighted by Crippen LogP contribution is -2.23. The maximum atomic E-state index is 5.21. The average molecular weight is 208 g/mol. The van der Waals surface area contributed by atoms with E-state index in [0.717, 1.165) is 17.7 Å². The minimum absolute atomic E-state index is 0.158. The molecular weight excluding hydrogens is 196 g/mol. The average Bonchev–Trinajstić information content (AvgIpc) is 2.18. The summed E-state index contributed by atoms with van der Waals surface area (Å²) < 4.78 is 0. The van der Waals surface area contributed by atoms with Gasteiger partial charge in [0, 0.05) is 11.9 Å². The standard InChI is InChI=1S/C9H12N4S/c1-2-8-5-7(3-4-11-8)6-12-13-9(10)14/h3-6H,2H2,1H3,(H3,10,13,14). The second kappa shape index (κ2) is 5.29. The molecule has 1 heterocycles. The Balaban J connectivity index is 2.66. The number of pyridine rings is 1. The molecule has 1 aromatic heterocycles. The summed E-state index contributed by atoms with van der Waals surface area (Å²) >= 11 is 4.60. The Kier molecular flexibility index (Phi) is 4.00. The van der Waals surface area contributed by atoms with Crippen LogP contribution < -0.4 is 11.2 Å². The van der Waals surface area contributed by atoms with Crippen molar-refractivity contribution in [2.24, 2.45) is 10.8 Å². The summed E-state index contributed by atoms with van der Waals surface area (Å²) in [5.41, 5.74) is 9.70. The Morgan fingerprint density at radius 1 is 1.79 bits per heavy atom. The third kappa shape index (κ3) is 3.49. The highest BCUT2D eigenvalue weighted by Crippen LogP contribution is 1.99. The molecule has 3 N–H and O–H groups in total. The van der Waals surface area contributed by atoms with E-state index in [1.54, 1.807) is 12.4 Å². The number of hydrazone groups is 1. The van der Waals surface area contributed by atoms with Crippen LogP contribution in [-0.2, 0) is 6.42 Å². The van der Waals surface area contributed by atoms with E-state index >= 15 is 0 Å².